The lowest BCUT2D eigenvalue weighted by Gasteiger charge is -2.13. The number of carbonyl (C=O) groups is 1. The zero-order chi connectivity index (χ0) is 13.9. The number of hydrogen-bond donors (Lipinski definition) is 0. The molecule has 0 aromatic heterocycles. The average Bonchev–Trinajstić information content (AvgIpc) is 2.27. The molecule has 0 fully saturated rings. The van der Waals surface area contributed by atoms with Gasteiger partial charge in [-0.15, -0.1) is 0 Å². The average molecular weight is 323 g/mol. The monoisotopic (exact) mass is 322 g/mol. The standard InChI is InChI=1S/C12H13BrF2O3/c1-6(2)5-18-11-7(13)4-8(14)9(10(11)15)12(16)17-3/h4,6H,5H2,1-3H3. The van der Waals surface area contributed by atoms with Crippen LogP contribution in [0.2, 0.25) is 0 Å². The Morgan fingerprint density at radius 2 is 2.06 bits per heavy atom. The summed E-state index contributed by atoms with van der Waals surface area (Å²) >= 11 is 3.00. The number of halogens is 3. The number of benzene rings is 1. The Morgan fingerprint density at radius 3 is 2.56 bits per heavy atom. The molecular weight excluding hydrogens is 310 g/mol. The highest BCUT2D eigenvalue weighted by molar-refractivity contribution is 9.10. The smallest absolute Gasteiger partial charge is 0.344 e. The van der Waals surface area contributed by atoms with Crippen LogP contribution in [0, 0.1) is 17.6 Å². The Labute approximate surface area is 112 Å². The number of carbonyl (C=O) groups excluding carboxylic acids is 1. The van der Waals surface area contributed by atoms with Gasteiger partial charge in [-0.3, -0.25) is 0 Å². The molecule has 0 aliphatic rings. The van der Waals surface area contributed by atoms with E-state index in [0.29, 0.717) is 0 Å². The summed E-state index contributed by atoms with van der Waals surface area (Å²) in [5.74, 6) is -3.15. The third-order valence-corrected chi connectivity index (χ3v) is 2.67. The minimum atomic E-state index is -1.08. The van der Waals surface area contributed by atoms with Crippen LogP contribution in [0.3, 0.4) is 0 Å². The lowest BCUT2D eigenvalue weighted by molar-refractivity contribution is 0.0588. The van der Waals surface area contributed by atoms with E-state index in [2.05, 4.69) is 20.7 Å². The molecule has 0 amide bonds. The molecule has 0 saturated carbocycles. The van der Waals surface area contributed by atoms with Gasteiger partial charge in [0, 0.05) is 0 Å². The molecule has 6 heteroatoms. The Kier molecular flexibility index (Phi) is 5.07. The molecule has 100 valence electrons. The van der Waals surface area contributed by atoms with Crippen molar-refractivity contribution in [1.29, 1.82) is 0 Å². The molecule has 18 heavy (non-hydrogen) atoms. The van der Waals surface area contributed by atoms with Crippen LogP contribution >= 0.6 is 15.9 Å². The van der Waals surface area contributed by atoms with Gasteiger partial charge in [0.1, 0.15) is 11.4 Å². The predicted octanol–water partition coefficient (Wildman–Crippen LogP) is 3.55. The maximum atomic E-state index is 14.0. The fraction of sp³-hybridized carbons (Fsp3) is 0.417. The van der Waals surface area contributed by atoms with Crippen LogP contribution in [-0.2, 0) is 4.74 Å². The number of hydrogen-bond acceptors (Lipinski definition) is 3. The molecule has 0 aliphatic heterocycles. The number of rotatable bonds is 4. The van der Waals surface area contributed by atoms with Gasteiger partial charge in [0.05, 0.1) is 18.2 Å². The summed E-state index contributed by atoms with van der Waals surface area (Å²) in [5.41, 5.74) is -0.751. The van der Waals surface area contributed by atoms with Crippen molar-refractivity contribution in [2.24, 2.45) is 5.92 Å². The molecule has 0 spiro atoms. The van der Waals surface area contributed by atoms with E-state index >= 15 is 0 Å². The molecule has 0 radical (unpaired) electrons. The van der Waals surface area contributed by atoms with Crippen molar-refractivity contribution in [3.05, 3.63) is 27.7 Å². The summed E-state index contributed by atoms with van der Waals surface area (Å²) < 4.78 is 37.2. The van der Waals surface area contributed by atoms with Crippen molar-refractivity contribution < 1.29 is 23.0 Å². The topological polar surface area (TPSA) is 35.5 Å². The van der Waals surface area contributed by atoms with E-state index in [-0.39, 0.29) is 22.7 Å². The van der Waals surface area contributed by atoms with Crippen molar-refractivity contribution in [2.45, 2.75) is 13.8 Å². The van der Waals surface area contributed by atoms with E-state index in [1.807, 2.05) is 13.8 Å². The molecule has 0 aliphatic carbocycles. The van der Waals surface area contributed by atoms with Crippen LogP contribution in [0.4, 0.5) is 8.78 Å². The minimum absolute atomic E-state index is 0.116. The fourth-order valence-electron chi connectivity index (χ4n) is 1.24. The lowest BCUT2D eigenvalue weighted by Crippen LogP contribution is -2.12. The molecule has 1 aromatic rings. The van der Waals surface area contributed by atoms with Crippen LogP contribution < -0.4 is 4.74 Å². The second-order valence-corrected chi connectivity index (χ2v) is 4.91. The van der Waals surface area contributed by atoms with Crippen molar-refractivity contribution in [2.75, 3.05) is 13.7 Å². The van der Waals surface area contributed by atoms with Crippen molar-refractivity contribution >= 4 is 21.9 Å². The normalized spacial score (nSPS) is 10.6. The van der Waals surface area contributed by atoms with Crippen LogP contribution in [-0.4, -0.2) is 19.7 Å². The fourth-order valence-corrected chi connectivity index (χ4v) is 1.73. The molecule has 0 N–H and O–H groups in total. The summed E-state index contributed by atoms with van der Waals surface area (Å²) in [5, 5.41) is 0. The van der Waals surface area contributed by atoms with Gasteiger partial charge in [-0.1, -0.05) is 13.8 Å². The lowest BCUT2D eigenvalue weighted by atomic mass is 10.2. The summed E-state index contributed by atoms with van der Waals surface area (Å²) in [6.07, 6.45) is 0. The van der Waals surface area contributed by atoms with Crippen molar-refractivity contribution in [3.63, 3.8) is 0 Å². The third-order valence-electron chi connectivity index (χ3n) is 2.08. The van der Waals surface area contributed by atoms with Crippen LogP contribution in [0.25, 0.3) is 0 Å². The number of methoxy groups -OCH3 is 1. The van der Waals surface area contributed by atoms with Crippen molar-refractivity contribution in [1.82, 2.24) is 0 Å². The van der Waals surface area contributed by atoms with E-state index in [4.69, 9.17) is 4.74 Å². The van der Waals surface area contributed by atoms with Gasteiger partial charge in [0.25, 0.3) is 0 Å². The molecule has 0 bridgehead atoms. The Morgan fingerprint density at radius 1 is 1.44 bits per heavy atom. The second kappa shape index (κ2) is 6.13. The van der Waals surface area contributed by atoms with E-state index < -0.39 is 23.2 Å². The summed E-state index contributed by atoms with van der Waals surface area (Å²) in [6.45, 7) is 4.02. The zero-order valence-electron chi connectivity index (χ0n) is 10.2. The molecule has 0 atom stereocenters. The maximum Gasteiger partial charge on any atom is 0.344 e. The van der Waals surface area contributed by atoms with Gasteiger partial charge in [0.2, 0.25) is 0 Å². The molecule has 1 aromatic carbocycles. The first-order chi connectivity index (χ1) is 8.38. The van der Waals surface area contributed by atoms with E-state index in [9.17, 15) is 13.6 Å². The molecule has 1 rings (SSSR count). The summed E-state index contributed by atoms with van der Waals surface area (Å²) in [6, 6.07) is 0.977. The summed E-state index contributed by atoms with van der Waals surface area (Å²) in [4.78, 5) is 11.3. The maximum absolute atomic E-state index is 14.0. The van der Waals surface area contributed by atoms with E-state index in [1.54, 1.807) is 0 Å². The van der Waals surface area contributed by atoms with E-state index in [0.717, 1.165) is 13.2 Å². The first kappa shape index (κ1) is 14.9. The van der Waals surface area contributed by atoms with Crippen molar-refractivity contribution in [3.8, 4) is 5.75 Å². The third kappa shape index (κ3) is 3.19. The Balaban J connectivity index is 3.22. The Hall–Kier alpha value is -1.17. The van der Waals surface area contributed by atoms with E-state index in [1.165, 1.54) is 0 Å². The predicted molar refractivity (Wildman–Crippen MR) is 65.7 cm³/mol. The number of esters is 1. The van der Waals surface area contributed by atoms with Gasteiger partial charge in [-0.05, 0) is 27.9 Å². The molecule has 0 unspecified atom stereocenters. The first-order valence-electron chi connectivity index (χ1n) is 5.27. The summed E-state index contributed by atoms with van der Waals surface area (Å²) in [7, 11) is 1.05. The van der Waals surface area contributed by atoms with Gasteiger partial charge in [0.15, 0.2) is 11.6 Å². The van der Waals surface area contributed by atoms with Crippen LogP contribution in [0.5, 0.6) is 5.75 Å². The SMILES string of the molecule is COC(=O)c1c(F)cc(Br)c(OCC(C)C)c1F. The highest BCUT2D eigenvalue weighted by Gasteiger charge is 2.24. The van der Waals surface area contributed by atoms with Gasteiger partial charge < -0.3 is 9.47 Å². The molecule has 0 heterocycles. The number of ether oxygens (including phenoxy) is 2. The largest absolute Gasteiger partial charge is 0.489 e. The Bertz CT molecular complexity index is 461. The van der Waals surface area contributed by atoms with Crippen LogP contribution in [0.1, 0.15) is 24.2 Å². The van der Waals surface area contributed by atoms with Crippen LogP contribution in [0.15, 0.2) is 10.5 Å². The molecular formula is C12H13BrF2O3. The van der Waals surface area contributed by atoms with Gasteiger partial charge in [-0.2, -0.15) is 0 Å². The van der Waals surface area contributed by atoms with Gasteiger partial charge >= 0.3 is 5.97 Å². The molecule has 0 saturated heterocycles. The highest BCUT2D eigenvalue weighted by Crippen LogP contribution is 2.33. The molecule has 3 nitrogen and oxygen atoms in total. The zero-order valence-corrected chi connectivity index (χ0v) is 11.8. The minimum Gasteiger partial charge on any atom is -0.489 e. The second-order valence-electron chi connectivity index (χ2n) is 4.05. The first-order valence-corrected chi connectivity index (χ1v) is 6.06. The van der Waals surface area contributed by atoms with Gasteiger partial charge in [-0.25, -0.2) is 13.6 Å². The highest BCUT2D eigenvalue weighted by atomic mass is 79.9. The quantitative estimate of drug-likeness (QED) is 0.795.